The molecule has 0 amide bonds. The van der Waals surface area contributed by atoms with E-state index < -0.39 is 11.8 Å². The molecule has 4 heterocycles. The monoisotopic (exact) mass is 465 g/mol. The molecule has 3 aromatic rings. The van der Waals surface area contributed by atoms with E-state index in [1.54, 1.807) is 25.1 Å². The van der Waals surface area contributed by atoms with Gasteiger partial charge in [-0.1, -0.05) is 6.07 Å². The number of hydrogen-bond acceptors (Lipinski definition) is 8. The Bertz CT molecular complexity index is 1290. The number of aromatic carboxylic acids is 1. The molecule has 0 radical (unpaired) electrons. The number of anilines is 2. The number of carbonyl (C=O) groups is 1. The largest absolute Gasteiger partial charge is 0.493 e. The van der Waals surface area contributed by atoms with Crippen LogP contribution >= 0.6 is 0 Å². The van der Waals surface area contributed by atoms with Crippen LogP contribution in [0.1, 0.15) is 29.3 Å². The van der Waals surface area contributed by atoms with Crippen LogP contribution in [0.4, 0.5) is 15.9 Å². The summed E-state index contributed by atoms with van der Waals surface area (Å²) in [5.41, 5.74) is 2.37. The third-order valence-corrected chi connectivity index (χ3v) is 6.46. The van der Waals surface area contributed by atoms with E-state index in [4.69, 9.17) is 9.47 Å². The predicted octanol–water partition coefficient (Wildman–Crippen LogP) is 3.53. The summed E-state index contributed by atoms with van der Waals surface area (Å²) in [5, 5.41) is 21.2. The maximum absolute atomic E-state index is 14.3. The molecule has 0 bridgehead atoms. The molecular weight excluding hydrogens is 441 g/mol. The second-order valence-electron chi connectivity index (χ2n) is 8.83. The molecule has 2 atom stereocenters. The van der Waals surface area contributed by atoms with Crippen molar-refractivity contribution < 1.29 is 23.8 Å². The van der Waals surface area contributed by atoms with Gasteiger partial charge in [0.25, 0.3) is 0 Å². The highest BCUT2D eigenvalue weighted by molar-refractivity contribution is 5.89. The van der Waals surface area contributed by atoms with E-state index >= 15 is 0 Å². The number of carboxylic acid groups (broad SMARTS) is 1. The number of carboxylic acids is 1. The van der Waals surface area contributed by atoms with E-state index in [2.05, 4.69) is 32.3 Å². The van der Waals surface area contributed by atoms with Crippen LogP contribution < -0.4 is 19.7 Å². The zero-order chi connectivity index (χ0) is 24.0. The fourth-order valence-electron chi connectivity index (χ4n) is 4.75. The number of aryl methyl sites for hydroxylation is 1. The summed E-state index contributed by atoms with van der Waals surface area (Å²) in [7, 11) is 1.42. The fraction of sp³-hybridized carbons (Fsp3) is 0.333. The van der Waals surface area contributed by atoms with Gasteiger partial charge in [0.2, 0.25) is 5.88 Å². The Labute approximate surface area is 195 Å². The summed E-state index contributed by atoms with van der Waals surface area (Å²) in [6, 6.07) is 8.24. The molecule has 10 heteroatoms. The van der Waals surface area contributed by atoms with Crippen molar-refractivity contribution in [3.05, 3.63) is 53.5 Å². The van der Waals surface area contributed by atoms with Crippen LogP contribution in [0, 0.1) is 12.7 Å². The molecule has 1 fully saturated rings. The number of methoxy groups -OCH3 is 1. The van der Waals surface area contributed by atoms with Crippen molar-refractivity contribution in [1.29, 1.82) is 0 Å². The highest BCUT2D eigenvalue weighted by Gasteiger charge is 2.47. The van der Waals surface area contributed by atoms with Crippen molar-refractivity contribution in [2.45, 2.75) is 31.9 Å². The molecule has 2 aromatic heterocycles. The molecule has 9 nitrogen and oxygen atoms in total. The smallest absolute Gasteiger partial charge is 0.337 e. The first-order valence-electron chi connectivity index (χ1n) is 10.9. The summed E-state index contributed by atoms with van der Waals surface area (Å²) in [4.78, 5) is 17.7. The van der Waals surface area contributed by atoms with Crippen LogP contribution in [-0.4, -0.2) is 58.1 Å². The van der Waals surface area contributed by atoms with Crippen LogP contribution in [0.5, 0.6) is 11.6 Å². The zero-order valence-corrected chi connectivity index (χ0v) is 19.0. The number of fused-ring (bicyclic) bond motifs is 3. The third-order valence-electron chi connectivity index (χ3n) is 6.46. The Morgan fingerprint density at radius 2 is 2.15 bits per heavy atom. The first-order chi connectivity index (χ1) is 16.3. The van der Waals surface area contributed by atoms with Crippen LogP contribution in [0.2, 0.25) is 0 Å². The van der Waals surface area contributed by atoms with Crippen LogP contribution in [-0.2, 0) is 0 Å². The van der Waals surface area contributed by atoms with Crippen molar-refractivity contribution in [3.8, 4) is 22.9 Å². The Hall–Kier alpha value is -3.95. The SMILES string of the molecule is COc1c(F)cccc1-c1cc2c(nn1)NC[C@@]1(C)C[C@@H](Oc3cc(C)c(C(=O)O)cn3)CN21. The molecule has 176 valence electrons. The van der Waals surface area contributed by atoms with Gasteiger partial charge in [-0.05, 0) is 37.6 Å². The van der Waals surface area contributed by atoms with E-state index in [0.717, 1.165) is 12.1 Å². The quantitative estimate of drug-likeness (QED) is 0.585. The lowest BCUT2D eigenvalue weighted by Gasteiger charge is -2.41. The Kier molecular flexibility index (Phi) is 5.22. The summed E-state index contributed by atoms with van der Waals surface area (Å²) in [6.07, 6.45) is 1.88. The molecule has 5 rings (SSSR count). The average Bonchev–Trinajstić information content (AvgIpc) is 3.14. The van der Waals surface area contributed by atoms with Crippen molar-refractivity contribution in [2.24, 2.45) is 0 Å². The van der Waals surface area contributed by atoms with Gasteiger partial charge in [-0.25, -0.2) is 14.2 Å². The summed E-state index contributed by atoms with van der Waals surface area (Å²) in [5.74, 6) is -0.318. The molecule has 0 unspecified atom stereocenters. The number of pyridine rings is 1. The lowest BCUT2D eigenvalue weighted by Crippen LogP contribution is -2.50. The topological polar surface area (TPSA) is 110 Å². The van der Waals surface area contributed by atoms with E-state index in [0.29, 0.717) is 41.6 Å². The van der Waals surface area contributed by atoms with E-state index in [9.17, 15) is 14.3 Å². The minimum absolute atomic E-state index is 0.122. The first kappa shape index (κ1) is 21.9. The Balaban J connectivity index is 1.44. The maximum Gasteiger partial charge on any atom is 0.337 e. The van der Waals surface area contributed by atoms with Crippen molar-refractivity contribution in [1.82, 2.24) is 15.2 Å². The van der Waals surface area contributed by atoms with Gasteiger partial charge >= 0.3 is 5.97 Å². The summed E-state index contributed by atoms with van der Waals surface area (Å²) in [6.45, 7) is 5.10. The number of nitrogens with zero attached hydrogens (tertiary/aromatic N) is 4. The van der Waals surface area contributed by atoms with E-state index in [1.807, 2.05) is 6.07 Å². The number of ether oxygens (including phenoxy) is 2. The van der Waals surface area contributed by atoms with Gasteiger partial charge in [0.05, 0.1) is 36.1 Å². The maximum atomic E-state index is 14.3. The molecule has 34 heavy (non-hydrogen) atoms. The Morgan fingerprint density at radius 3 is 2.88 bits per heavy atom. The minimum atomic E-state index is -1.02. The number of hydrogen-bond donors (Lipinski definition) is 2. The molecule has 1 aromatic carbocycles. The van der Waals surface area contributed by atoms with Crippen molar-refractivity contribution in [2.75, 3.05) is 30.4 Å². The normalized spacial score (nSPS) is 20.8. The van der Waals surface area contributed by atoms with Gasteiger partial charge in [0.15, 0.2) is 17.4 Å². The van der Waals surface area contributed by atoms with E-state index in [1.165, 1.54) is 19.4 Å². The lowest BCUT2D eigenvalue weighted by molar-refractivity contribution is 0.0695. The molecule has 2 N–H and O–H groups in total. The molecule has 0 saturated carbocycles. The number of nitrogens with one attached hydrogen (secondary N) is 1. The second kappa shape index (κ2) is 8.12. The van der Waals surface area contributed by atoms with Gasteiger partial charge < -0.3 is 24.8 Å². The van der Waals surface area contributed by atoms with Crippen LogP contribution in [0.3, 0.4) is 0 Å². The number of benzene rings is 1. The van der Waals surface area contributed by atoms with Crippen molar-refractivity contribution in [3.63, 3.8) is 0 Å². The summed E-state index contributed by atoms with van der Waals surface area (Å²) < 4.78 is 25.7. The number of halogens is 1. The third kappa shape index (κ3) is 3.64. The van der Waals surface area contributed by atoms with Gasteiger partial charge in [0, 0.05) is 30.8 Å². The lowest BCUT2D eigenvalue weighted by atomic mass is 9.95. The Morgan fingerprint density at radius 1 is 1.32 bits per heavy atom. The molecular formula is C24H24FN5O4. The fourth-order valence-corrected chi connectivity index (χ4v) is 4.75. The average molecular weight is 465 g/mol. The van der Waals surface area contributed by atoms with Gasteiger partial charge in [-0.2, -0.15) is 0 Å². The number of aromatic nitrogens is 3. The van der Waals surface area contributed by atoms with Crippen LogP contribution in [0.15, 0.2) is 36.5 Å². The molecule has 0 spiro atoms. The highest BCUT2D eigenvalue weighted by Crippen LogP contribution is 2.43. The zero-order valence-electron chi connectivity index (χ0n) is 19.0. The molecule has 2 aliphatic rings. The molecule has 1 saturated heterocycles. The van der Waals surface area contributed by atoms with Gasteiger partial charge in [0.1, 0.15) is 6.10 Å². The number of para-hydroxylation sites is 1. The minimum Gasteiger partial charge on any atom is -0.493 e. The van der Waals surface area contributed by atoms with Crippen LogP contribution in [0.25, 0.3) is 11.3 Å². The predicted molar refractivity (Wildman–Crippen MR) is 123 cm³/mol. The summed E-state index contributed by atoms with van der Waals surface area (Å²) >= 11 is 0. The second-order valence-corrected chi connectivity index (χ2v) is 8.83. The standard InChI is InChI=1S/C24H24FN5O4/c1-13-7-20(26-10-16(13)23(31)32)34-14-9-24(2)12-27-22-19(30(24)11-14)8-18(28-29-22)15-5-4-6-17(25)21(15)33-3/h4-8,10,14H,9,11-12H2,1-3H3,(H,27,29)(H,31,32)/t14-,24-/m1/s1. The molecule has 2 aliphatic heterocycles. The van der Waals surface area contributed by atoms with Crippen molar-refractivity contribution >= 4 is 17.5 Å². The number of rotatable bonds is 5. The highest BCUT2D eigenvalue weighted by atomic mass is 19.1. The molecule has 0 aliphatic carbocycles. The van der Waals surface area contributed by atoms with Gasteiger partial charge in [-0.3, -0.25) is 0 Å². The van der Waals surface area contributed by atoms with Gasteiger partial charge in [-0.15, -0.1) is 10.2 Å². The van der Waals surface area contributed by atoms with E-state index in [-0.39, 0.29) is 23.0 Å². The first-order valence-corrected chi connectivity index (χ1v) is 10.9.